The van der Waals surface area contributed by atoms with Gasteiger partial charge in [0.2, 0.25) is 0 Å². The van der Waals surface area contributed by atoms with E-state index in [9.17, 15) is 4.79 Å². The number of amides is 1. The molecular formula is C14H13BrClNOS. The molecule has 0 N–H and O–H groups in total. The van der Waals surface area contributed by atoms with E-state index in [1.165, 1.54) is 0 Å². The molecule has 0 spiro atoms. The summed E-state index contributed by atoms with van der Waals surface area (Å²) in [6.07, 6.45) is 0. The van der Waals surface area contributed by atoms with Gasteiger partial charge in [0.05, 0.1) is 6.04 Å². The van der Waals surface area contributed by atoms with Gasteiger partial charge in [-0.3, -0.25) is 4.79 Å². The van der Waals surface area contributed by atoms with E-state index in [4.69, 9.17) is 11.6 Å². The summed E-state index contributed by atoms with van der Waals surface area (Å²) in [6, 6.07) is 9.31. The first-order valence-corrected chi connectivity index (χ1v) is 7.80. The Morgan fingerprint density at radius 1 is 1.42 bits per heavy atom. The number of halogens is 2. The summed E-state index contributed by atoms with van der Waals surface area (Å²) < 4.78 is 0.806. The van der Waals surface area contributed by atoms with Crippen LogP contribution in [0.5, 0.6) is 0 Å². The Balaban J connectivity index is 2.23. The SMILES string of the molecule is CC(c1cccs1)N(C)C(=O)c1cc(Cl)cc(Br)c1. The normalized spacial score (nSPS) is 12.2. The number of benzene rings is 1. The van der Waals surface area contributed by atoms with Gasteiger partial charge in [-0.25, -0.2) is 0 Å². The van der Waals surface area contributed by atoms with Crippen LogP contribution in [0, 0.1) is 0 Å². The number of hydrogen-bond donors (Lipinski definition) is 0. The third-order valence-electron chi connectivity index (χ3n) is 2.97. The van der Waals surface area contributed by atoms with Gasteiger partial charge in [0.25, 0.3) is 5.91 Å². The summed E-state index contributed by atoms with van der Waals surface area (Å²) in [4.78, 5) is 15.3. The van der Waals surface area contributed by atoms with E-state index in [0.29, 0.717) is 10.6 Å². The molecule has 1 atom stereocenters. The van der Waals surface area contributed by atoms with Crippen molar-refractivity contribution in [2.75, 3.05) is 7.05 Å². The van der Waals surface area contributed by atoms with E-state index in [1.54, 1.807) is 34.4 Å². The molecule has 1 unspecified atom stereocenters. The predicted molar refractivity (Wildman–Crippen MR) is 84.0 cm³/mol. The molecule has 0 fully saturated rings. The number of carbonyl (C=O) groups excluding carboxylic acids is 1. The van der Waals surface area contributed by atoms with E-state index >= 15 is 0 Å². The highest BCUT2D eigenvalue weighted by atomic mass is 79.9. The van der Waals surface area contributed by atoms with Crippen molar-refractivity contribution in [1.82, 2.24) is 4.90 Å². The van der Waals surface area contributed by atoms with Gasteiger partial charge in [-0.1, -0.05) is 33.6 Å². The van der Waals surface area contributed by atoms with Gasteiger partial charge in [-0.15, -0.1) is 11.3 Å². The lowest BCUT2D eigenvalue weighted by molar-refractivity contribution is 0.0745. The zero-order valence-corrected chi connectivity index (χ0v) is 13.7. The van der Waals surface area contributed by atoms with Gasteiger partial charge in [-0.2, -0.15) is 0 Å². The molecule has 0 aliphatic carbocycles. The van der Waals surface area contributed by atoms with E-state index < -0.39 is 0 Å². The molecule has 0 aliphatic rings. The Hall–Kier alpha value is -0.840. The lowest BCUT2D eigenvalue weighted by Crippen LogP contribution is -2.29. The lowest BCUT2D eigenvalue weighted by Gasteiger charge is -2.24. The van der Waals surface area contributed by atoms with Gasteiger partial charge in [-0.05, 0) is 36.6 Å². The Kier molecular flexibility index (Phi) is 4.66. The van der Waals surface area contributed by atoms with Gasteiger partial charge >= 0.3 is 0 Å². The third kappa shape index (κ3) is 3.38. The van der Waals surface area contributed by atoms with Crippen LogP contribution in [-0.2, 0) is 0 Å². The summed E-state index contributed by atoms with van der Waals surface area (Å²) >= 11 is 11.0. The van der Waals surface area contributed by atoms with E-state index in [2.05, 4.69) is 15.9 Å². The standard InChI is InChI=1S/C14H13BrClNOS/c1-9(13-4-3-5-19-13)17(2)14(18)10-6-11(15)8-12(16)7-10/h3-9H,1-2H3. The van der Waals surface area contributed by atoms with Crippen LogP contribution >= 0.6 is 38.9 Å². The van der Waals surface area contributed by atoms with Gasteiger partial charge < -0.3 is 4.90 Å². The number of carbonyl (C=O) groups is 1. The molecule has 2 rings (SSSR count). The van der Waals surface area contributed by atoms with Gasteiger partial charge in [0.1, 0.15) is 0 Å². The van der Waals surface area contributed by atoms with Crippen molar-refractivity contribution in [2.24, 2.45) is 0 Å². The molecule has 0 aliphatic heterocycles. The second-order valence-corrected chi connectivity index (χ2v) is 6.60. The fraction of sp³-hybridized carbons (Fsp3) is 0.214. The van der Waals surface area contributed by atoms with Crippen LogP contribution in [0.25, 0.3) is 0 Å². The molecule has 0 radical (unpaired) electrons. The van der Waals surface area contributed by atoms with Crippen molar-refractivity contribution in [3.05, 3.63) is 55.6 Å². The zero-order valence-electron chi connectivity index (χ0n) is 10.6. The average Bonchev–Trinajstić information content (AvgIpc) is 2.88. The Bertz CT molecular complexity index is 565. The van der Waals surface area contributed by atoms with Gasteiger partial charge in [0, 0.05) is 27.0 Å². The molecule has 0 saturated heterocycles. The Morgan fingerprint density at radius 3 is 2.74 bits per heavy atom. The second-order valence-electron chi connectivity index (χ2n) is 4.27. The van der Waals surface area contributed by atoms with Crippen LogP contribution in [-0.4, -0.2) is 17.9 Å². The highest BCUT2D eigenvalue weighted by Gasteiger charge is 2.20. The Labute approximate surface area is 130 Å². The Morgan fingerprint density at radius 2 is 2.16 bits per heavy atom. The van der Waals surface area contributed by atoms with Crippen molar-refractivity contribution < 1.29 is 4.79 Å². The summed E-state index contributed by atoms with van der Waals surface area (Å²) in [5, 5.41) is 2.56. The fourth-order valence-electron chi connectivity index (χ4n) is 1.78. The summed E-state index contributed by atoms with van der Waals surface area (Å²) in [5.74, 6) is -0.0379. The minimum atomic E-state index is -0.0379. The van der Waals surface area contributed by atoms with Crippen LogP contribution in [0.1, 0.15) is 28.2 Å². The number of nitrogens with zero attached hydrogens (tertiary/aromatic N) is 1. The maximum atomic E-state index is 12.4. The molecule has 1 aromatic carbocycles. The molecule has 2 nitrogen and oxygen atoms in total. The molecule has 1 heterocycles. The average molecular weight is 359 g/mol. The molecule has 5 heteroatoms. The summed E-state index contributed by atoms with van der Waals surface area (Å²) in [6.45, 7) is 2.02. The number of hydrogen-bond acceptors (Lipinski definition) is 2. The first kappa shape index (κ1) is 14.6. The first-order valence-electron chi connectivity index (χ1n) is 5.75. The van der Waals surface area contributed by atoms with Gasteiger partial charge in [0.15, 0.2) is 0 Å². The quantitative estimate of drug-likeness (QED) is 0.756. The van der Waals surface area contributed by atoms with Crippen molar-refractivity contribution in [3.8, 4) is 0 Å². The molecule has 19 heavy (non-hydrogen) atoms. The van der Waals surface area contributed by atoms with E-state index in [1.807, 2.05) is 31.5 Å². The third-order valence-corrected chi connectivity index (χ3v) is 4.68. The molecule has 0 bridgehead atoms. The van der Waals surface area contributed by atoms with Crippen LogP contribution in [0.3, 0.4) is 0 Å². The summed E-state index contributed by atoms with van der Waals surface area (Å²) in [5.41, 5.74) is 0.588. The number of thiophene rings is 1. The molecule has 100 valence electrons. The smallest absolute Gasteiger partial charge is 0.254 e. The van der Waals surface area contributed by atoms with Crippen LogP contribution in [0.4, 0.5) is 0 Å². The van der Waals surface area contributed by atoms with Crippen molar-refractivity contribution in [3.63, 3.8) is 0 Å². The van der Waals surface area contributed by atoms with Crippen molar-refractivity contribution in [2.45, 2.75) is 13.0 Å². The van der Waals surface area contributed by atoms with Crippen LogP contribution < -0.4 is 0 Å². The first-order chi connectivity index (χ1) is 8.99. The minimum absolute atomic E-state index is 0.0379. The van der Waals surface area contributed by atoms with E-state index in [-0.39, 0.29) is 11.9 Å². The lowest BCUT2D eigenvalue weighted by atomic mass is 10.1. The predicted octanol–water partition coefficient (Wildman–Crippen LogP) is 5.00. The maximum absolute atomic E-state index is 12.4. The minimum Gasteiger partial charge on any atom is -0.334 e. The molecular weight excluding hydrogens is 346 g/mol. The highest BCUT2D eigenvalue weighted by molar-refractivity contribution is 9.10. The van der Waals surface area contributed by atoms with E-state index in [0.717, 1.165) is 9.35 Å². The zero-order chi connectivity index (χ0) is 14.0. The largest absolute Gasteiger partial charge is 0.334 e. The molecule has 0 saturated carbocycles. The monoisotopic (exact) mass is 357 g/mol. The summed E-state index contributed by atoms with van der Waals surface area (Å²) in [7, 11) is 1.81. The number of rotatable bonds is 3. The molecule has 1 aromatic heterocycles. The molecule has 2 aromatic rings. The van der Waals surface area contributed by atoms with Crippen molar-refractivity contribution >= 4 is 44.8 Å². The fourth-order valence-corrected chi connectivity index (χ4v) is 3.46. The topological polar surface area (TPSA) is 20.3 Å². The second kappa shape index (κ2) is 6.07. The van der Waals surface area contributed by atoms with Crippen LogP contribution in [0.2, 0.25) is 5.02 Å². The molecule has 1 amide bonds. The van der Waals surface area contributed by atoms with Crippen molar-refractivity contribution in [1.29, 1.82) is 0 Å². The maximum Gasteiger partial charge on any atom is 0.254 e. The highest BCUT2D eigenvalue weighted by Crippen LogP contribution is 2.26. The van der Waals surface area contributed by atoms with Crippen LogP contribution in [0.15, 0.2) is 40.2 Å².